The molecule has 6 nitrogen and oxygen atoms in total. The number of halogens is 1. The van der Waals surface area contributed by atoms with Crippen LogP contribution >= 0.6 is 11.6 Å². The Bertz CT molecular complexity index is 382. The summed E-state index contributed by atoms with van der Waals surface area (Å²) in [7, 11) is 1.43. The van der Waals surface area contributed by atoms with Crippen molar-refractivity contribution >= 4 is 17.5 Å². The van der Waals surface area contributed by atoms with Crippen LogP contribution in [-0.2, 0) is 9.53 Å². The number of nitrogens with two attached hydrogens (primary N) is 2. The molecule has 0 bridgehead atoms. The highest BCUT2D eigenvalue weighted by Crippen LogP contribution is 2.15. The van der Waals surface area contributed by atoms with Gasteiger partial charge < -0.3 is 26.6 Å². The Labute approximate surface area is 118 Å². The quantitative estimate of drug-likeness (QED) is 0.432. The maximum atomic E-state index is 11.7. The summed E-state index contributed by atoms with van der Waals surface area (Å²) in [6.45, 7) is 5.27. The second-order valence-electron chi connectivity index (χ2n) is 5.08. The van der Waals surface area contributed by atoms with Gasteiger partial charge in [0.2, 0.25) is 5.91 Å². The summed E-state index contributed by atoms with van der Waals surface area (Å²) < 4.78 is 4.80. The molecule has 19 heavy (non-hydrogen) atoms. The van der Waals surface area contributed by atoms with Crippen LogP contribution in [0.15, 0.2) is 22.6 Å². The lowest BCUT2D eigenvalue weighted by molar-refractivity contribution is -0.127. The van der Waals surface area contributed by atoms with Gasteiger partial charge in [0.1, 0.15) is 17.1 Å². The molecule has 0 aliphatic heterocycles. The van der Waals surface area contributed by atoms with Crippen LogP contribution in [0, 0.1) is 5.41 Å². The maximum Gasteiger partial charge on any atom is 0.230 e. The molecule has 0 saturated heterocycles. The highest BCUT2D eigenvalue weighted by atomic mass is 35.5. The van der Waals surface area contributed by atoms with Crippen LogP contribution in [0.4, 0.5) is 0 Å². The largest absolute Gasteiger partial charge is 0.389 e. The Kier molecular flexibility index (Phi) is 6.89. The summed E-state index contributed by atoms with van der Waals surface area (Å²) in [6, 6.07) is 0. The fourth-order valence-corrected chi connectivity index (χ4v) is 1.27. The van der Waals surface area contributed by atoms with E-state index >= 15 is 0 Å². The number of amides is 1. The van der Waals surface area contributed by atoms with E-state index in [2.05, 4.69) is 5.32 Å². The van der Waals surface area contributed by atoms with E-state index in [0.29, 0.717) is 0 Å². The summed E-state index contributed by atoms with van der Waals surface area (Å²) in [5.41, 5.74) is 10.7. The molecule has 0 aliphatic carbocycles. The van der Waals surface area contributed by atoms with Crippen molar-refractivity contribution in [1.82, 2.24) is 5.32 Å². The number of rotatable bonds is 5. The molecule has 0 fully saturated rings. The highest BCUT2D eigenvalue weighted by molar-refractivity contribution is 6.29. The standard InChI is InChI=1S/C12H22ClN3O3/c1-12(2,3)11(18)16-9(14)5-7(10(13)15)8(17)6-19-4/h5,8,17H,6,14-15H2,1-4H3,(H,16,18)/b9-5+,10-7+. The van der Waals surface area contributed by atoms with Crippen LogP contribution < -0.4 is 16.8 Å². The van der Waals surface area contributed by atoms with Crippen molar-refractivity contribution in [3.8, 4) is 0 Å². The van der Waals surface area contributed by atoms with Crippen LogP contribution in [0.2, 0.25) is 0 Å². The maximum absolute atomic E-state index is 11.7. The third-order valence-corrected chi connectivity index (χ3v) is 2.43. The molecule has 0 radical (unpaired) electrons. The molecule has 0 aromatic heterocycles. The molecular formula is C12H22ClN3O3. The number of ether oxygens (including phenoxy) is 1. The van der Waals surface area contributed by atoms with Crippen molar-refractivity contribution in [2.75, 3.05) is 13.7 Å². The smallest absolute Gasteiger partial charge is 0.230 e. The first kappa shape index (κ1) is 17.8. The third-order valence-electron chi connectivity index (χ3n) is 2.21. The summed E-state index contributed by atoms with van der Waals surface area (Å²) in [4.78, 5) is 11.7. The predicted molar refractivity (Wildman–Crippen MR) is 74.8 cm³/mol. The molecule has 1 unspecified atom stereocenters. The Morgan fingerprint density at radius 3 is 2.37 bits per heavy atom. The van der Waals surface area contributed by atoms with E-state index in [1.54, 1.807) is 20.8 Å². The first-order valence-electron chi connectivity index (χ1n) is 5.70. The number of carbonyl (C=O) groups excluding carboxylic acids is 1. The zero-order valence-corrected chi connectivity index (χ0v) is 12.4. The minimum Gasteiger partial charge on any atom is -0.389 e. The monoisotopic (exact) mass is 291 g/mol. The number of aliphatic hydroxyl groups is 1. The van der Waals surface area contributed by atoms with Gasteiger partial charge in [-0.25, -0.2) is 0 Å². The van der Waals surface area contributed by atoms with Gasteiger partial charge >= 0.3 is 0 Å². The average molecular weight is 292 g/mol. The second kappa shape index (κ2) is 7.37. The number of hydrogen-bond donors (Lipinski definition) is 4. The van der Waals surface area contributed by atoms with Gasteiger partial charge in [-0.2, -0.15) is 0 Å². The summed E-state index contributed by atoms with van der Waals surface area (Å²) >= 11 is 5.67. The molecule has 7 heteroatoms. The van der Waals surface area contributed by atoms with Crippen LogP contribution in [-0.4, -0.2) is 30.8 Å². The lowest BCUT2D eigenvalue weighted by atomic mass is 9.96. The topological polar surface area (TPSA) is 111 Å². The van der Waals surface area contributed by atoms with Crippen molar-refractivity contribution in [3.05, 3.63) is 22.6 Å². The Hall–Kier alpha value is -1.24. The number of aliphatic hydroxyl groups excluding tert-OH is 1. The zero-order chi connectivity index (χ0) is 15.2. The van der Waals surface area contributed by atoms with Gasteiger partial charge in [0.05, 0.1) is 6.61 Å². The molecule has 0 aliphatic rings. The van der Waals surface area contributed by atoms with Crippen LogP contribution in [0.3, 0.4) is 0 Å². The fourth-order valence-electron chi connectivity index (χ4n) is 1.09. The van der Waals surface area contributed by atoms with Crippen LogP contribution in [0.25, 0.3) is 0 Å². The number of methoxy groups -OCH3 is 1. The van der Waals surface area contributed by atoms with E-state index in [-0.39, 0.29) is 29.1 Å². The van der Waals surface area contributed by atoms with Crippen molar-refractivity contribution in [1.29, 1.82) is 0 Å². The highest BCUT2D eigenvalue weighted by Gasteiger charge is 2.21. The molecule has 1 atom stereocenters. The first-order chi connectivity index (χ1) is 8.59. The lowest BCUT2D eigenvalue weighted by Crippen LogP contribution is -2.37. The average Bonchev–Trinajstić information content (AvgIpc) is 2.24. The van der Waals surface area contributed by atoms with E-state index in [9.17, 15) is 9.90 Å². The number of carbonyl (C=O) groups is 1. The minimum atomic E-state index is -1.02. The van der Waals surface area contributed by atoms with E-state index in [1.165, 1.54) is 13.2 Å². The summed E-state index contributed by atoms with van der Waals surface area (Å²) in [6.07, 6.45) is 0.294. The SMILES string of the molecule is COCC(O)C(/C=C(\N)NC(=O)C(C)(C)C)=C(/N)Cl. The molecule has 0 rings (SSSR count). The molecule has 0 aromatic carbocycles. The molecule has 0 spiro atoms. The van der Waals surface area contributed by atoms with E-state index in [4.69, 9.17) is 27.8 Å². The second-order valence-corrected chi connectivity index (χ2v) is 5.49. The van der Waals surface area contributed by atoms with Gasteiger partial charge in [-0.3, -0.25) is 4.79 Å². The Morgan fingerprint density at radius 2 is 2.00 bits per heavy atom. The Morgan fingerprint density at radius 1 is 1.47 bits per heavy atom. The van der Waals surface area contributed by atoms with Crippen LogP contribution in [0.1, 0.15) is 20.8 Å². The first-order valence-corrected chi connectivity index (χ1v) is 6.08. The van der Waals surface area contributed by atoms with Crippen molar-refractivity contribution in [2.45, 2.75) is 26.9 Å². The summed E-state index contributed by atoms with van der Waals surface area (Å²) in [5.74, 6) is -0.205. The third kappa shape index (κ3) is 6.47. The normalized spacial score (nSPS) is 15.8. The minimum absolute atomic E-state index is 0.0136. The van der Waals surface area contributed by atoms with Gasteiger partial charge in [0.15, 0.2) is 0 Å². The molecule has 0 heterocycles. The number of nitrogens with one attached hydrogen (secondary N) is 1. The Balaban J connectivity index is 4.98. The van der Waals surface area contributed by atoms with E-state index in [1.807, 2.05) is 0 Å². The molecular weight excluding hydrogens is 270 g/mol. The molecule has 1 amide bonds. The van der Waals surface area contributed by atoms with Crippen molar-refractivity contribution in [3.63, 3.8) is 0 Å². The molecule has 0 saturated carbocycles. The molecule has 110 valence electrons. The zero-order valence-electron chi connectivity index (χ0n) is 11.7. The van der Waals surface area contributed by atoms with Gasteiger partial charge in [-0.05, 0) is 6.08 Å². The van der Waals surface area contributed by atoms with E-state index < -0.39 is 11.5 Å². The summed E-state index contributed by atoms with van der Waals surface area (Å²) in [5, 5.41) is 12.2. The number of hydrogen-bond acceptors (Lipinski definition) is 5. The van der Waals surface area contributed by atoms with Crippen LogP contribution in [0.5, 0.6) is 0 Å². The molecule has 6 N–H and O–H groups in total. The van der Waals surface area contributed by atoms with Crippen molar-refractivity contribution in [2.24, 2.45) is 16.9 Å². The lowest BCUT2D eigenvalue weighted by Gasteiger charge is -2.18. The van der Waals surface area contributed by atoms with Gasteiger partial charge in [-0.1, -0.05) is 32.4 Å². The van der Waals surface area contributed by atoms with Gasteiger partial charge in [-0.15, -0.1) is 0 Å². The molecule has 0 aromatic rings. The van der Waals surface area contributed by atoms with Gasteiger partial charge in [0.25, 0.3) is 0 Å². The van der Waals surface area contributed by atoms with E-state index in [0.717, 1.165) is 0 Å². The fraction of sp³-hybridized carbons (Fsp3) is 0.583. The predicted octanol–water partition coefficient (Wildman–Crippen LogP) is 0.365. The van der Waals surface area contributed by atoms with Crippen molar-refractivity contribution < 1.29 is 14.6 Å². The van der Waals surface area contributed by atoms with Gasteiger partial charge in [0, 0.05) is 18.1 Å².